The molecule has 0 spiro atoms. The first-order valence-electron chi connectivity index (χ1n) is 2.56. The standard InChI is InChI=1S/C5H7NO3P/c1-4-2-5(3-6-4)10(7,8)9/h2-3,6H,1H2,(H2,7,8,9). The fourth-order valence-corrected chi connectivity index (χ4v) is 1.15. The highest BCUT2D eigenvalue weighted by molar-refractivity contribution is 7.60. The quantitative estimate of drug-likeness (QED) is 0.506. The molecule has 3 N–H and O–H groups in total. The molecule has 0 aliphatic heterocycles. The third-order valence-electron chi connectivity index (χ3n) is 1.06. The Hall–Kier alpha value is -0.570. The lowest BCUT2D eigenvalue weighted by Gasteiger charge is -1.96. The van der Waals surface area contributed by atoms with Crippen LogP contribution >= 0.6 is 7.60 Å². The van der Waals surface area contributed by atoms with Crippen LogP contribution in [0.4, 0.5) is 0 Å². The van der Waals surface area contributed by atoms with Gasteiger partial charge in [-0.2, -0.15) is 0 Å². The zero-order valence-corrected chi connectivity index (χ0v) is 6.01. The fraction of sp³-hybridized carbons (Fsp3) is 0. The molecule has 0 atom stereocenters. The molecule has 0 bridgehead atoms. The van der Waals surface area contributed by atoms with Gasteiger partial charge in [-0.1, -0.05) is 0 Å². The molecule has 0 aliphatic carbocycles. The van der Waals surface area contributed by atoms with Crippen molar-refractivity contribution < 1.29 is 14.4 Å². The van der Waals surface area contributed by atoms with Gasteiger partial charge < -0.3 is 14.8 Å². The van der Waals surface area contributed by atoms with Crippen molar-refractivity contribution in [1.29, 1.82) is 0 Å². The molecular formula is C5H7NO3P. The minimum Gasteiger partial charge on any atom is -0.364 e. The number of hydrogen-bond acceptors (Lipinski definition) is 1. The normalized spacial score (nSPS) is 11.9. The van der Waals surface area contributed by atoms with Crippen LogP contribution in [-0.4, -0.2) is 14.8 Å². The fourth-order valence-electron chi connectivity index (χ4n) is 0.597. The van der Waals surface area contributed by atoms with E-state index in [0.717, 1.165) is 0 Å². The molecule has 55 valence electrons. The zero-order valence-electron chi connectivity index (χ0n) is 5.11. The lowest BCUT2D eigenvalue weighted by molar-refractivity contribution is 0.387. The van der Waals surface area contributed by atoms with Gasteiger partial charge in [0, 0.05) is 11.9 Å². The Morgan fingerprint density at radius 2 is 2.20 bits per heavy atom. The Bertz CT molecular complexity index is 274. The summed E-state index contributed by atoms with van der Waals surface area (Å²) >= 11 is 0. The van der Waals surface area contributed by atoms with E-state index in [2.05, 4.69) is 11.9 Å². The minimum atomic E-state index is -4.07. The molecule has 5 heteroatoms. The summed E-state index contributed by atoms with van der Waals surface area (Å²) in [6.45, 7) is 3.46. The van der Waals surface area contributed by atoms with E-state index in [1.807, 2.05) is 0 Å². The van der Waals surface area contributed by atoms with Gasteiger partial charge in [0.05, 0.1) is 5.30 Å². The van der Waals surface area contributed by atoms with Crippen LogP contribution in [-0.2, 0) is 4.57 Å². The van der Waals surface area contributed by atoms with Crippen LogP contribution < -0.4 is 5.30 Å². The zero-order chi connectivity index (χ0) is 7.78. The van der Waals surface area contributed by atoms with Gasteiger partial charge in [-0.15, -0.1) is 0 Å². The van der Waals surface area contributed by atoms with Gasteiger partial charge in [-0.05, 0) is 13.0 Å². The molecule has 0 unspecified atom stereocenters. The largest absolute Gasteiger partial charge is 0.364 e. The highest BCUT2D eigenvalue weighted by Crippen LogP contribution is 2.32. The summed E-state index contributed by atoms with van der Waals surface area (Å²) in [6, 6.07) is 1.32. The van der Waals surface area contributed by atoms with Crippen molar-refractivity contribution in [3.05, 3.63) is 24.9 Å². The third kappa shape index (κ3) is 1.48. The molecule has 1 aromatic rings. The molecular weight excluding hydrogens is 153 g/mol. The van der Waals surface area contributed by atoms with Crippen LogP contribution in [0.5, 0.6) is 0 Å². The smallest absolute Gasteiger partial charge is 0.357 e. The topological polar surface area (TPSA) is 73.3 Å². The number of H-pyrrole nitrogens is 1. The Balaban J connectivity index is 3.08. The Labute approximate surface area is 58.1 Å². The SMILES string of the molecule is [CH2]c1cc(P(=O)(O)O)c[nH]1. The van der Waals surface area contributed by atoms with E-state index in [4.69, 9.17) is 9.79 Å². The van der Waals surface area contributed by atoms with Gasteiger partial charge in [0.2, 0.25) is 0 Å². The van der Waals surface area contributed by atoms with E-state index < -0.39 is 7.60 Å². The van der Waals surface area contributed by atoms with Gasteiger partial charge in [-0.25, -0.2) is 0 Å². The molecule has 0 saturated carbocycles. The maximum Gasteiger partial charge on any atom is 0.357 e. The average molecular weight is 160 g/mol. The number of aromatic amines is 1. The number of nitrogens with one attached hydrogen (secondary N) is 1. The monoisotopic (exact) mass is 160 g/mol. The van der Waals surface area contributed by atoms with Crippen LogP contribution in [0.2, 0.25) is 0 Å². The second kappa shape index (κ2) is 2.23. The molecule has 0 fully saturated rings. The van der Waals surface area contributed by atoms with Gasteiger partial charge in [0.15, 0.2) is 0 Å². The van der Waals surface area contributed by atoms with E-state index in [9.17, 15) is 4.57 Å². The molecule has 1 rings (SSSR count). The predicted molar refractivity (Wildman–Crippen MR) is 36.9 cm³/mol. The van der Waals surface area contributed by atoms with Crippen LogP contribution in [0, 0.1) is 6.92 Å². The first kappa shape index (κ1) is 7.54. The maximum absolute atomic E-state index is 10.5. The summed E-state index contributed by atoms with van der Waals surface area (Å²) in [4.78, 5) is 19.7. The maximum atomic E-state index is 10.5. The van der Waals surface area contributed by atoms with Crippen molar-refractivity contribution in [3.63, 3.8) is 0 Å². The molecule has 0 aromatic carbocycles. The van der Waals surface area contributed by atoms with E-state index in [0.29, 0.717) is 5.69 Å². The summed E-state index contributed by atoms with van der Waals surface area (Å²) < 4.78 is 10.5. The highest BCUT2D eigenvalue weighted by atomic mass is 31.2. The summed E-state index contributed by atoms with van der Waals surface area (Å²) in [6.07, 6.45) is 1.25. The highest BCUT2D eigenvalue weighted by Gasteiger charge is 2.17. The van der Waals surface area contributed by atoms with Crippen LogP contribution in [0.25, 0.3) is 0 Å². The Morgan fingerprint density at radius 3 is 2.40 bits per heavy atom. The van der Waals surface area contributed by atoms with E-state index in [-0.39, 0.29) is 5.30 Å². The summed E-state index contributed by atoms with van der Waals surface area (Å²) in [5.74, 6) is 0. The van der Waals surface area contributed by atoms with Crippen molar-refractivity contribution in [2.45, 2.75) is 0 Å². The van der Waals surface area contributed by atoms with E-state index >= 15 is 0 Å². The molecule has 10 heavy (non-hydrogen) atoms. The van der Waals surface area contributed by atoms with Crippen LogP contribution in [0.3, 0.4) is 0 Å². The summed E-state index contributed by atoms with van der Waals surface area (Å²) in [5, 5.41) is -0.0162. The summed E-state index contributed by atoms with van der Waals surface area (Å²) in [5.41, 5.74) is 0.498. The molecule has 1 aromatic heterocycles. The molecule has 0 saturated heterocycles. The Morgan fingerprint density at radius 1 is 1.60 bits per heavy atom. The molecule has 1 radical (unpaired) electrons. The van der Waals surface area contributed by atoms with Crippen molar-refractivity contribution in [2.24, 2.45) is 0 Å². The second-order valence-corrected chi connectivity index (χ2v) is 3.53. The molecule has 1 heterocycles. The molecule has 0 aliphatic rings. The van der Waals surface area contributed by atoms with Crippen molar-refractivity contribution in [1.82, 2.24) is 4.98 Å². The van der Waals surface area contributed by atoms with Crippen molar-refractivity contribution in [3.8, 4) is 0 Å². The Kier molecular flexibility index (Phi) is 1.68. The van der Waals surface area contributed by atoms with Crippen LogP contribution in [0.15, 0.2) is 12.3 Å². The average Bonchev–Trinajstić information content (AvgIpc) is 2.11. The first-order chi connectivity index (χ1) is 4.50. The molecule has 0 amide bonds. The third-order valence-corrected chi connectivity index (χ3v) is 1.99. The van der Waals surface area contributed by atoms with E-state index in [1.54, 1.807) is 0 Å². The van der Waals surface area contributed by atoms with E-state index in [1.165, 1.54) is 12.3 Å². The van der Waals surface area contributed by atoms with Gasteiger partial charge in [0.1, 0.15) is 0 Å². The van der Waals surface area contributed by atoms with Gasteiger partial charge in [0.25, 0.3) is 0 Å². The van der Waals surface area contributed by atoms with Crippen molar-refractivity contribution >= 4 is 12.9 Å². The lowest BCUT2D eigenvalue weighted by atomic mass is 10.5. The first-order valence-corrected chi connectivity index (χ1v) is 4.18. The van der Waals surface area contributed by atoms with Gasteiger partial charge in [-0.3, -0.25) is 4.57 Å². The number of hydrogen-bond donors (Lipinski definition) is 3. The minimum absolute atomic E-state index is 0.0162. The number of aromatic nitrogens is 1. The molecule has 4 nitrogen and oxygen atoms in total. The lowest BCUT2D eigenvalue weighted by Crippen LogP contribution is -1.98. The summed E-state index contributed by atoms with van der Waals surface area (Å²) in [7, 11) is -4.07. The van der Waals surface area contributed by atoms with Gasteiger partial charge >= 0.3 is 7.60 Å². The number of rotatable bonds is 1. The van der Waals surface area contributed by atoms with Crippen molar-refractivity contribution in [2.75, 3.05) is 0 Å². The predicted octanol–water partition coefficient (Wildman–Crippen LogP) is -0.000110. The van der Waals surface area contributed by atoms with Crippen LogP contribution in [0.1, 0.15) is 5.69 Å². The second-order valence-electron chi connectivity index (χ2n) is 1.93.